The number of carbonyl (C=O) groups excluding carboxylic acids is 2. The molecule has 7 nitrogen and oxygen atoms in total. The van der Waals surface area contributed by atoms with Gasteiger partial charge in [-0.05, 0) is 72.3 Å². The number of ether oxygens (including phenoxy) is 1. The number of amides is 1. The summed E-state index contributed by atoms with van der Waals surface area (Å²) in [6, 6.07) is 9.04. The fourth-order valence-electron chi connectivity index (χ4n) is 4.53. The normalized spacial score (nSPS) is 20.7. The molecule has 0 radical (unpaired) electrons. The molecule has 1 aromatic carbocycles. The van der Waals surface area contributed by atoms with Crippen LogP contribution >= 0.6 is 15.9 Å². The van der Waals surface area contributed by atoms with Crippen LogP contribution in [0.1, 0.15) is 49.2 Å². The predicted molar refractivity (Wildman–Crippen MR) is 121 cm³/mol. The molecule has 170 valence electrons. The number of aromatic nitrogens is 1. The van der Waals surface area contributed by atoms with Crippen molar-refractivity contribution in [2.45, 2.75) is 51.3 Å². The molecule has 1 aromatic heterocycles. The minimum atomic E-state index is -1.29. The Hall–Kier alpha value is -1.45. The van der Waals surface area contributed by atoms with E-state index in [2.05, 4.69) is 39.0 Å². The van der Waals surface area contributed by atoms with E-state index in [0.29, 0.717) is 6.54 Å². The van der Waals surface area contributed by atoms with E-state index >= 15 is 0 Å². The maximum Gasteiger partial charge on any atom is 1.00 e. The van der Waals surface area contributed by atoms with Gasteiger partial charge in [-0.25, -0.2) is 4.79 Å². The number of carboxylic acid groups (broad SMARTS) is 1. The van der Waals surface area contributed by atoms with Gasteiger partial charge >= 0.3 is 35.7 Å². The maximum absolute atomic E-state index is 12.7. The molecule has 2 heterocycles. The van der Waals surface area contributed by atoms with Gasteiger partial charge in [-0.3, -0.25) is 14.8 Å². The van der Waals surface area contributed by atoms with Crippen LogP contribution in [0.15, 0.2) is 41.0 Å². The standard InChI is InChI=1S/C24H28BrN3O4.Na/c1-24(2,3)32-23(31)28-11-10-27(14-19(28)22(29)30)21-18-7-5-4-6-15(18)8-9-16-12-17(25)13-26-20(16)21;/h4-7,12-13,19,21H,8-11,14H2,1-3H3,(H,29,30);/q;+1/p-1/t19-,21?;/m1./s1. The van der Waals surface area contributed by atoms with Crippen molar-refractivity contribution in [3.63, 3.8) is 0 Å². The first kappa shape index (κ1) is 26.2. The van der Waals surface area contributed by atoms with Crippen LogP contribution < -0.4 is 34.7 Å². The van der Waals surface area contributed by atoms with Gasteiger partial charge in [-0.2, -0.15) is 0 Å². The van der Waals surface area contributed by atoms with Gasteiger partial charge in [-0.1, -0.05) is 24.3 Å². The van der Waals surface area contributed by atoms with Gasteiger partial charge in [0.05, 0.1) is 23.7 Å². The van der Waals surface area contributed by atoms with Gasteiger partial charge in [0.15, 0.2) is 0 Å². The fourth-order valence-corrected chi connectivity index (χ4v) is 4.91. The first-order valence-electron chi connectivity index (χ1n) is 10.8. The summed E-state index contributed by atoms with van der Waals surface area (Å²) in [7, 11) is 0. The molecule has 2 aliphatic rings. The summed E-state index contributed by atoms with van der Waals surface area (Å²) in [6.07, 6.45) is 2.90. The minimum Gasteiger partial charge on any atom is -0.548 e. The van der Waals surface area contributed by atoms with Gasteiger partial charge in [0.1, 0.15) is 5.60 Å². The number of aliphatic carboxylic acids is 1. The average Bonchev–Trinajstić information content (AvgIpc) is 2.88. The smallest absolute Gasteiger partial charge is 0.548 e. The Morgan fingerprint density at radius 2 is 1.85 bits per heavy atom. The van der Waals surface area contributed by atoms with Crippen molar-refractivity contribution in [3.05, 3.63) is 63.4 Å². The Kier molecular flexibility index (Phi) is 8.28. The van der Waals surface area contributed by atoms with E-state index in [4.69, 9.17) is 9.72 Å². The second kappa shape index (κ2) is 10.4. The zero-order valence-corrected chi connectivity index (χ0v) is 23.1. The Balaban J connectivity index is 0.00000306. The second-order valence-corrected chi connectivity index (χ2v) is 10.2. The Morgan fingerprint density at radius 3 is 2.55 bits per heavy atom. The topological polar surface area (TPSA) is 85.8 Å². The number of carbonyl (C=O) groups is 2. The Bertz CT molecular complexity index is 1040. The number of carboxylic acids is 1. The quantitative estimate of drug-likeness (QED) is 0.503. The van der Waals surface area contributed by atoms with E-state index in [1.54, 1.807) is 27.0 Å². The number of aryl methyl sites for hydroxylation is 2. The zero-order valence-electron chi connectivity index (χ0n) is 19.5. The number of fused-ring (bicyclic) bond motifs is 2. The maximum atomic E-state index is 12.7. The summed E-state index contributed by atoms with van der Waals surface area (Å²) < 4.78 is 6.36. The van der Waals surface area contributed by atoms with E-state index in [-0.39, 0.29) is 48.7 Å². The van der Waals surface area contributed by atoms with Gasteiger partial charge in [0.25, 0.3) is 0 Å². The van der Waals surface area contributed by atoms with Crippen molar-refractivity contribution in [2.75, 3.05) is 19.6 Å². The third kappa shape index (κ3) is 5.80. The number of pyridine rings is 1. The Labute approximate surface area is 224 Å². The molecule has 1 unspecified atom stereocenters. The number of nitrogens with zero attached hydrogens (tertiary/aromatic N) is 3. The molecule has 0 N–H and O–H groups in total. The van der Waals surface area contributed by atoms with Crippen molar-refractivity contribution >= 4 is 28.0 Å². The van der Waals surface area contributed by atoms with Gasteiger partial charge < -0.3 is 14.6 Å². The van der Waals surface area contributed by atoms with Crippen LogP contribution in [0.4, 0.5) is 4.79 Å². The molecule has 2 aromatic rings. The van der Waals surface area contributed by atoms with Crippen LogP contribution in [0.2, 0.25) is 0 Å². The van der Waals surface area contributed by atoms with Crippen LogP contribution in [0.25, 0.3) is 0 Å². The summed E-state index contributed by atoms with van der Waals surface area (Å²) in [5.74, 6) is -1.29. The van der Waals surface area contributed by atoms with E-state index in [1.807, 2.05) is 12.1 Å². The van der Waals surface area contributed by atoms with E-state index in [0.717, 1.165) is 34.1 Å². The van der Waals surface area contributed by atoms with Gasteiger partial charge in [-0.15, -0.1) is 0 Å². The second-order valence-electron chi connectivity index (χ2n) is 9.30. The van der Waals surface area contributed by atoms with Gasteiger partial charge in [0.2, 0.25) is 0 Å². The van der Waals surface area contributed by atoms with Crippen LogP contribution in [0.3, 0.4) is 0 Å². The molecule has 1 aliphatic carbocycles. The number of benzene rings is 1. The summed E-state index contributed by atoms with van der Waals surface area (Å²) in [6.45, 7) is 6.16. The van der Waals surface area contributed by atoms with Crippen molar-refractivity contribution in [1.82, 2.24) is 14.8 Å². The first-order chi connectivity index (χ1) is 15.1. The molecule has 1 saturated heterocycles. The van der Waals surface area contributed by atoms with E-state index < -0.39 is 23.7 Å². The molecule has 0 saturated carbocycles. The SMILES string of the molecule is CC(C)(C)OC(=O)N1CCN(C2c3ccccc3CCc3cc(Br)cnc32)C[C@@H]1C(=O)[O-].[Na+]. The minimum absolute atomic E-state index is 0. The third-order valence-corrected chi connectivity index (χ3v) is 6.35. The van der Waals surface area contributed by atoms with Crippen molar-refractivity contribution in [3.8, 4) is 0 Å². The molecule has 2 atom stereocenters. The predicted octanol–water partition coefficient (Wildman–Crippen LogP) is -0.293. The fraction of sp³-hybridized carbons (Fsp3) is 0.458. The van der Waals surface area contributed by atoms with Crippen LogP contribution in [-0.4, -0.2) is 58.1 Å². The molecule has 1 amide bonds. The summed E-state index contributed by atoms with van der Waals surface area (Å²) in [4.78, 5) is 32.9. The molecule has 1 aliphatic heterocycles. The third-order valence-electron chi connectivity index (χ3n) is 5.92. The summed E-state index contributed by atoms with van der Waals surface area (Å²) in [5, 5.41) is 12.1. The van der Waals surface area contributed by atoms with E-state index in [1.165, 1.54) is 10.5 Å². The van der Waals surface area contributed by atoms with E-state index in [9.17, 15) is 14.7 Å². The van der Waals surface area contributed by atoms with Crippen LogP contribution in [-0.2, 0) is 22.4 Å². The molecular formula is C24H27BrN3NaO4. The first-order valence-corrected chi connectivity index (χ1v) is 11.6. The molecular weight excluding hydrogens is 497 g/mol. The van der Waals surface area contributed by atoms with Gasteiger partial charge in [0, 0.05) is 30.3 Å². The van der Waals surface area contributed by atoms with Crippen molar-refractivity contribution in [1.29, 1.82) is 0 Å². The number of piperazine rings is 1. The number of hydrogen-bond acceptors (Lipinski definition) is 6. The number of halogens is 1. The molecule has 33 heavy (non-hydrogen) atoms. The molecule has 4 rings (SSSR count). The summed E-state index contributed by atoms with van der Waals surface area (Å²) >= 11 is 3.52. The van der Waals surface area contributed by atoms with Crippen LogP contribution in [0.5, 0.6) is 0 Å². The van der Waals surface area contributed by atoms with Crippen molar-refractivity contribution < 1.29 is 49.0 Å². The monoisotopic (exact) mass is 523 g/mol. The van der Waals surface area contributed by atoms with Crippen LogP contribution in [0, 0.1) is 0 Å². The largest absolute Gasteiger partial charge is 1.00 e. The summed E-state index contributed by atoms with van der Waals surface area (Å²) in [5.41, 5.74) is 3.72. The molecule has 0 bridgehead atoms. The average molecular weight is 524 g/mol. The number of hydrogen-bond donors (Lipinski definition) is 0. The molecule has 9 heteroatoms. The zero-order chi connectivity index (χ0) is 23.0. The van der Waals surface area contributed by atoms with Crippen molar-refractivity contribution in [2.24, 2.45) is 0 Å². The Morgan fingerprint density at radius 1 is 1.15 bits per heavy atom. The molecule has 1 fully saturated rings. The number of rotatable bonds is 2. The molecule has 0 spiro atoms.